The highest BCUT2D eigenvalue weighted by molar-refractivity contribution is 5.93. The monoisotopic (exact) mass is 378 g/mol. The Morgan fingerprint density at radius 2 is 1.71 bits per heavy atom. The van der Waals surface area contributed by atoms with E-state index in [0.717, 1.165) is 16.8 Å². The van der Waals surface area contributed by atoms with Crippen LogP contribution in [0.1, 0.15) is 22.1 Å². The van der Waals surface area contributed by atoms with E-state index in [2.05, 4.69) is 44.5 Å². The minimum Gasteiger partial charge on any atom is -0.378 e. The molecule has 0 spiro atoms. The zero-order chi connectivity index (χ0) is 20.1. The average molecular weight is 378 g/mol. The fraction of sp³-hybridized carbons (Fsp3) is 0.273. The molecule has 2 aromatic carbocycles. The van der Waals surface area contributed by atoms with Crippen molar-refractivity contribution in [3.05, 3.63) is 71.9 Å². The van der Waals surface area contributed by atoms with Crippen molar-refractivity contribution < 1.29 is 9.32 Å². The second-order valence-corrected chi connectivity index (χ2v) is 7.12. The summed E-state index contributed by atoms with van der Waals surface area (Å²) in [5.74, 6) is 0.330. The summed E-state index contributed by atoms with van der Waals surface area (Å²) in [6, 6.07) is 19.7. The summed E-state index contributed by atoms with van der Waals surface area (Å²) in [4.78, 5) is 16.7. The van der Waals surface area contributed by atoms with Crippen LogP contribution in [0.4, 0.5) is 5.69 Å². The second kappa shape index (κ2) is 8.71. The molecule has 3 aromatic rings. The Kier molecular flexibility index (Phi) is 6.11. The van der Waals surface area contributed by atoms with E-state index in [1.165, 1.54) is 0 Å². The molecule has 1 aromatic heterocycles. The summed E-state index contributed by atoms with van der Waals surface area (Å²) in [6.07, 6.45) is 0. The maximum Gasteiger partial charge on any atom is 0.273 e. The van der Waals surface area contributed by atoms with Gasteiger partial charge in [-0.1, -0.05) is 47.6 Å². The van der Waals surface area contributed by atoms with Gasteiger partial charge in [0.15, 0.2) is 11.5 Å². The van der Waals surface area contributed by atoms with Crippen LogP contribution in [0.5, 0.6) is 0 Å². The third-order valence-electron chi connectivity index (χ3n) is 4.67. The van der Waals surface area contributed by atoms with Crippen LogP contribution in [-0.2, 0) is 0 Å². The van der Waals surface area contributed by atoms with Crippen LogP contribution in [-0.4, -0.2) is 50.7 Å². The highest BCUT2D eigenvalue weighted by atomic mass is 16.5. The van der Waals surface area contributed by atoms with Gasteiger partial charge in [0.2, 0.25) is 0 Å². The van der Waals surface area contributed by atoms with Gasteiger partial charge in [0, 0.05) is 38.0 Å². The maximum atomic E-state index is 12.5. The molecule has 0 aliphatic carbocycles. The Morgan fingerprint density at radius 1 is 1.04 bits per heavy atom. The van der Waals surface area contributed by atoms with E-state index in [0.29, 0.717) is 12.3 Å². The van der Waals surface area contributed by atoms with E-state index < -0.39 is 0 Å². The zero-order valence-electron chi connectivity index (χ0n) is 16.7. The first kappa shape index (κ1) is 19.6. The molecule has 146 valence electrons. The lowest BCUT2D eigenvalue weighted by Crippen LogP contribution is -2.34. The molecule has 3 rings (SSSR count). The quantitative estimate of drug-likeness (QED) is 0.682. The lowest BCUT2D eigenvalue weighted by molar-refractivity contribution is 0.0933. The summed E-state index contributed by atoms with van der Waals surface area (Å²) in [5, 5.41) is 6.88. The van der Waals surface area contributed by atoms with Crippen molar-refractivity contribution in [2.75, 3.05) is 39.6 Å². The Bertz CT molecular complexity index is 902. The predicted molar refractivity (Wildman–Crippen MR) is 111 cm³/mol. The lowest BCUT2D eigenvalue weighted by Gasteiger charge is -2.25. The van der Waals surface area contributed by atoms with E-state index in [1.807, 2.05) is 58.5 Å². The molecule has 0 fully saturated rings. The molecule has 0 unspecified atom stereocenters. The third kappa shape index (κ3) is 4.58. The van der Waals surface area contributed by atoms with Crippen molar-refractivity contribution in [1.29, 1.82) is 0 Å². The molecule has 1 atom stereocenters. The summed E-state index contributed by atoms with van der Waals surface area (Å²) >= 11 is 0. The first-order chi connectivity index (χ1) is 13.5. The number of nitrogens with zero attached hydrogens (tertiary/aromatic N) is 3. The largest absolute Gasteiger partial charge is 0.378 e. The van der Waals surface area contributed by atoms with Crippen LogP contribution in [0.25, 0.3) is 11.3 Å². The third-order valence-corrected chi connectivity index (χ3v) is 4.67. The predicted octanol–water partition coefficient (Wildman–Crippen LogP) is 3.44. The molecule has 0 saturated carbocycles. The first-order valence-corrected chi connectivity index (χ1v) is 9.19. The molecule has 6 heteroatoms. The molecule has 0 saturated heterocycles. The van der Waals surface area contributed by atoms with Gasteiger partial charge in [-0.25, -0.2) is 0 Å². The summed E-state index contributed by atoms with van der Waals surface area (Å²) in [6.45, 7) is 0.473. The molecule has 0 aliphatic rings. The highest BCUT2D eigenvalue weighted by Gasteiger charge is 2.18. The Balaban J connectivity index is 1.67. The molecular weight excluding hydrogens is 352 g/mol. The van der Waals surface area contributed by atoms with Gasteiger partial charge in [-0.2, -0.15) is 0 Å². The maximum absolute atomic E-state index is 12.5. The van der Waals surface area contributed by atoms with Gasteiger partial charge >= 0.3 is 0 Å². The van der Waals surface area contributed by atoms with E-state index >= 15 is 0 Å². The van der Waals surface area contributed by atoms with E-state index in [9.17, 15) is 4.79 Å². The highest BCUT2D eigenvalue weighted by Crippen LogP contribution is 2.22. The number of nitrogens with one attached hydrogen (secondary N) is 1. The smallest absolute Gasteiger partial charge is 0.273 e. The standard InChI is InChI=1S/C22H26N4O2/c1-25(2)18-12-10-16(11-13-18)20(26(3)4)15-23-22(27)19-14-21(28-24-19)17-8-6-5-7-9-17/h5-14,20H,15H2,1-4H3,(H,23,27)/t20-/m1/s1. The Hall–Kier alpha value is -3.12. The van der Waals surface area contributed by atoms with Gasteiger partial charge in [-0.15, -0.1) is 0 Å². The van der Waals surface area contributed by atoms with Gasteiger partial charge in [0.05, 0.1) is 6.04 Å². The van der Waals surface area contributed by atoms with E-state index in [-0.39, 0.29) is 17.6 Å². The molecule has 6 nitrogen and oxygen atoms in total. The first-order valence-electron chi connectivity index (χ1n) is 9.19. The van der Waals surface area contributed by atoms with Crippen molar-refractivity contribution >= 4 is 11.6 Å². The Labute approximate surface area is 165 Å². The van der Waals surface area contributed by atoms with E-state index in [1.54, 1.807) is 6.07 Å². The van der Waals surface area contributed by atoms with Crippen molar-refractivity contribution in [3.8, 4) is 11.3 Å². The molecule has 1 heterocycles. The van der Waals surface area contributed by atoms with Crippen LogP contribution in [0.15, 0.2) is 65.2 Å². The van der Waals surface area contributed by atoms with Gasteiger partial charge in [0.25, 0.3) is 5.91 Å². The Morgan fingerprint density at radius 3 is 2.32 bits per heavy atom. The number of anilines is 1. The number of hydrogen-bond donors (Lipinski definition) is 1. The summed E-state index contributed by atoms with van der Waals surface area (Å²) in [5.41, 5.74) is 3.45. The number of hydrogen-bond acceptors (Lipinski definition) is 5. The molecule has 1 N–H and O–H groups in total. The number of rotatable bonds is 7. The summed E-state index contributed by atoms with van der Waals surface area (Å²) < 4.78 is 5.32. The van der Waals surface area contributed by atoms with Crippen molar-refractivity contribution in [1.82, 2.24) is 15.4 Å². The minimum absolute atomic E-state index is 0.0562. The number of carbonyl (C=O) groups excluding carboxylic acids is 1. The van der Waals surface area contributed by atoms with Gasteiger partial charge < -0.3 is 19.6 Å². The zero-order valence-corrected chi connectivity index (χ0v) is 16.7. The van der Waals surface area contributed by atoms with Crippen LogP contribution in [0, 0.1) is 0 Å². The number of benzene rings is 2. The lowest BCUT2D eigenvalue weighted by atomic mass is 10.1. The van der Waals surface area contributed by atoms with Crippen LogP contribution >= 0.6 is 0 Å². The normalized spacial score (nSPS) is 12.0. The average Bonchev–Trinajstić information content (AvgIpc) is 3.19. The number of likely N-dealkylation sites (N-methyl/N-ethyl adjacent to an activating group) is 1. The van der Waals surface area contributed by atoms with Gasteiger partial charge in [0.1, 0.15) is 0 Å². The number of carbonyl (C=O) groups is 1. The van der Waals surface area contributed by atoms with Gasteiger partial charge in [-0.05, 0) is 31.8 Å². The number of aromatic nitrogens is 1. The topological polar surface area (TPSA) is 61.6 Å². The molecule has 28 heavy (non-hydrogen) atoms. The SMILES string of the molecule is CN(C)c1ccc([C@@H](CNC(=O)c2cc(-c3ccccc3)on2)N(C)C)cc1. The summed E-state index contributed by atoms with van der Waals surface area (Å²) in [7, 11) is 8.03. The van der Waals surface area contributed by atoms with Crippen molar-refractivity contribution in [2.24, 2.45) is 0 Å². The van der Waals surface area contributed by atoms with Crippen molar-refractivity contribution in [3.63, 3.8) is 0 Å². The second-order valence-electron chi connectivity index (χ2n) is 7.12. The van der Waals surface area contributed by atoms with E-state index in [4.69, 9.17) is 4.52 Å². The fourth-order valence-corrected chi connectivity index (χ4v) is 2.99. The van der Waals surface area contributed by atoms with Crippen LogP contribution in [0.3, 0.4) is 0 Å². The molecule has 0 bridgehead atoms. The van der Waals surface area contributed by atoms with Gasteiger partial charge in [-0.3, -0.25) is 4.79 Å². The molecule has 0 radical (unpaired) electrons. The fourth-order valence-electron chi connectivity index (χ4n) is 2.99. The van der Waals surface area contributed by atoms with Crippen LogP contribution in [0.2, 0.25) is 0 Å². The van der Waals surface area contributed by atoms with Crippen molar-refractivity contribution in [2.45, 2.75) is 6.04 Å². The van der Waals surface area contributed by atoms with Crippen LogP contribution < -0.4 is 10.2 Å². The molecule has 1 amide bonds. The minimum atomic E-state index is -0.248. The number of amides is 1. The molecular formula is C22H26N4O2. The molecule has 0 aliphatic heterocycles.